The number of ether oxygens (including phenoxy) is 4. The summed E-state index contributed by atoms with van der Waals surface area (Å²) in [6.07, 6.45) is 1.61. The minimum absolute atomic E-state index is 0.229. The van der Waals surface area contributed by atoms with Crippen LogP contribution in [0.1, 0.15) is 23.1 Å². The fourth-order valence-electron chi connectivity index (χ4n) is 3.76. The number of hydrogen-bond donors (Lipinski definition) is 0. The summed E-state index contributed by atoms with van der Waals surface area (Å²) in [7, 11) is 3.19. The lowest BCUT2D eigenvalue weighted by Crippen LogP contribution is -2.12. The maximum absolute atomic E-state index is 12.6. The van der Waals surface area contributed by atoms with Gasteiger partial charge in [-0.1, -0.05) is 11.2 Å². The van der Waals surface area contributed by atoms with Gasteiger partial charge in [-0.25, -0.2) is 9.78 Å². The number of imidazole rings is 1. The second-order valence-corrected chi connectivity index (χ2v) is 7.19. The van der Waals surface area contributed by atoms with E-state index in [2.05, 4.69) is 15.2 Å². The van der Waals surface area contributed by atoms with Crippen LogP contribution in [0.15, 0.2) is 48.8 Å². The van der Waals surface area contributed by atoms with E-state index in [4.69, 9.17) is 18.9 Å². The SMILES string of the molecule is CCOC(=O)c1ncn2c1Cn1c(Oc3cccc(OC)c3)nnc1-c1cc(OC)ccc1-2. The van der Waals surface area contributed by atoms with E-state index in [9.17, 15) is 4.79 Å². The molecule has 10 heteroatoms. The minimum atomic E-state index is -0.492. The first-order valence-corrected chi connectivity index (χ1v) is 10.3. The van der Waals surface area contributed by atoms with Crippen LogP contribution in [-0.4, -0.2) is 51.1 Å². The van der Waals surface area contributed by atoms with Crippen molar-refractivity contribution in [1.29, 1.82) is 0 Å². The van der Waals surface area contributed by atoms with Gasteiger partial charge in [-0.2, -0.15) is 0 Å². The molecule has 0 amide bonds. The number of methoxy groups -OCH3 is 2. The van der Waals surface area contributed by atoms with Crippen LogP contribution in [0, 0.1) is 0 Å². The lowest BCUT2D eigenvalue weighted by Gasteiger charge is -2.10. The molecule has 168 valence electrons. The molecule has 33 heavy (non-hydrogen) atoms. The van der Waals surface area contributed by atoms with Crippen molar-refractivity contribution in [2.75, 3.05) is 20.8 Å². The summed E-state index contributed by atoms with van der Waals surface area (Å²) in [6, 6.07) is 13.1. The molecule has 0 unspecified atom stereocenters. The Labute approximate surface area is 189 Å². The molecule has 0 atom stereocenters. The summed E-state index contributed by atoms with van der Waals surface area (Å²) >= 11 is 0. The second kappa shape index (κ2) is 8.30. The highest BCUT2D eigenvalue weighted by Gasteiger charge is 2.29. The third-order valence-electron chi connectivity index (χ3n) is 5.31. The topological polar surface area (TPSA) is 103 Å². The van der Waals surface area contributed by atoms with E-state index in [1.54, 1.807) is 44.2 Å². The van der Waals surface area contributed by atoms with Gasteiger partial charge in [0.2, 0.25) is 0 Å². The number of carbonyl (C=O) groups is 1. The van der Waals surface area contributed by atoms with Gasteiger partial charge in [-0.15, -0.1) is 5.10 Å². The van der Waals surface area contributed by atoms with Crippen LogP contribution in [-0.2, 0) is 11.3 Å². The molecule has 0 saturated heterocycles. The summed E-state index contributed by atoms with van der Waals surface area (Å²) in [5.41, 5.74) is 2.41. The Kier molecular flexibility index (Phi) is 5.17. The summed E-state index contributed by atoms with van der Waals surface area (Å²) < 4.78 is 25.6. The standard InChI is InChI=1S/C23H21N5O5/c1-4-32-22(29)20-19-12-27-21(17-11-15(31-3)8-9-18(17)28(19)13-24-20)25-26-23(27)33-16-7-5-6-14(10-16)30-2/h5-11,13H,4,12H2,1-3H3. The molecule has 0 bridgehead atoms. The van der Waals surface area contributed by atoms with Crippen LogP contribution < -0.4 is 14.2 Å². The second-order valence-electron chi connectivity index (χ2n) is 7.19. The van der Waals surface area contributed by atoms with Gasteiger partial charge < -0.3 is 18.9 Å². The van der Waals surface area contributed by atoms with Crippen LogP contribution in [0.3, 0.4) is 0 Å². The number of hydrogen-bond acceptors (Lipinski definition) is 8. The van der Waals surface area contributed by atoms with Crippen LogP contribution >= 0.6 is 0 Å². The quantitative estimate of drug-likeness (QED) is 0.365. The number of benzene rings is 2. The van der Waals surface area contributed by atoms with Gasteiger partial charge in [0.1, 0.15) is 23.6 Å². The van der Waals surface area contributed by atoms with Crippen molar-refractivity contribution in [3.8, 4) is 40.3 Å². The first-order valence-electron chi connectivity index (χ1n) is 10.3. The van der Waals surface area contributed by atoms with Crippen LogP contribution in [0.25, 0.3) is 17.1 Å². The monoisotopic (exact) mass is 447 g/mol. The molecule has 0 saturated carbocycles. The highest BCUT2D eigenvalue weighted by molar-refractivity contribution is 5.89. The highest BCUT2D eigenvalue weighted by atomic mass is 16.5. The molecule has 2 aromatic carbocycles. The Bertz CT molecular complexity index is 1340. The molecule has 3 heterocycles. The van der Waals surface area contributed by atoms with Gasteiger partial charge >= 0.3 is 12.0 Å². The molecule has 2 aromatic heterocycles. The van der Waals surface area contributed by atoms with Crippen molar-refractivity contribution in [2.24, 2.45) is 0 Å². The highest BCUT2D eigenvalue weighted by Crippen LogP contribution is 2.37. The number of rotatable bonds is 6. The third-order valence-corrected chi connectivity index (χ3v) is 5.31. The van der Waals surface area contributed by atoms with Crippen molar-refractivity contribution in [1.82, 2.24) is 24.3 Å². The smallest absolute Gasteiger partial charge is 0.358 e. The Morgan fingerprint density at radius 2 is 1.82 bits per heavy atom. The predicted octanol–water partition coefficient (Wildman–Crippen LogP) is 3.48. The van der Waals surface area contributed by atoms with Gasteiger partial charge in [0.25, 0.3) is 0 Å². The van der Waals surface area contributed by atoms with E-state index in [1.165, 1.54) is 0 Å². The van der Waals surface area contributed by atoms with Crippen LogP contribution in [0.2, 0.25) is 0 Å². The number of fused-ring (bicyclic) bond motifs is 5. The molecule has 4 aromatic rings. The molecular formula is C23H21N5O5. The lowest BCUT2D eigenvalue weighted by atomic mass is 10.1. The summed E-state index contributed by atoms with van der Waals surface area (Å²) in [5, 5.41) is 8.67. The number of aromatic nitrogens is 5. The molecule has 0 spiro atoms. The van der Waals surface area contributed by atoms with E-state index < -0.39 is 5.97 Å². The van der Waals surface area contributed by atoms with Gasteiger partial charge in [0.05, 0.1) is 38.8 Å². The van der Waals surface area contributed by atoms with Gasteiger partial charge in [0, 0.05) is 11.6 Å². The molecular weight excluding hydrogens is 426 g/mol. The van der Waals surface area contributed by atoms with Crippen molar-refractivity contribution in [2.45, 2.75) is 13.5 Å². The first-order chi connectivity index (χ1) is 16.1. The zero-order valence-corrected chi connectivity index (χ0v) is 18.3. The van der Waals surface area contributed by atoms with E-state index in [0.717, 1.165) is 11.3 Å². The minimum Gasteiger partial charge on any atom is -0.497 e. The summed E-state index contributed by atoms with van der Waals surface area (Å²) in [4.78, 5) is 16.9. The largest absolute Gasteiger partial charge is 0.497 e. The molecule has 0 aliphatic carbocycles. The maximum Gasteiger partial charge on any atom is 0.358 e. The normalized spacial score (nSPS) is 11.6. The first kappa shape index (κ1) is 20.6. The number of esters is 1. The Hall–Kier alpha value is -4.34. The van der Waals surface area contributed by atoms with E-state index in [-0.39, 0.29) is 24.9 Å². The fourth-order valence-corrected chi connectivity index (χ4v) is 3.76. The molecule has 10 nitrogen and oxygen atoms in total. The number of carbonyl (C=O) groups excluding carboxylic acids is 1. The number of nitrogens with zero attached hydrogens (tertiary/aromatic N) is 5. The van der Waals surface area contributed by atoms with Crippen molar-refractivity contribution >= 4 is 5.97 Å². The third kappa shape index (κ3) is 3.55. The van der Waals surface area contributed by atoms with Crippen LogP contribution in [0.5, 0.6) is 23.3 Å². The van der Waals surface area contributed by atoms with E-state index in [0.29, 0.717) is 28.8 Å². The van der Waals surface area contributed by atoms with Crippen molar-refractivity contribution < 1.29 is 23.7 Å². The molecule has 0 N–H and O–H groups in total. The zero-order valence-electron chi connectivity index (χ0n) is 18.3. The maximum atomic E-state index is 12.6. The molecule has 5 rings (SSSR count). The van der Waals surface area contributed by atoms with Gasteiger partial charge in [-0.05, 0) is 37.3 Å². The zero-order chi connectivity index (χ0) is 22.9. The van der Waals surface area contributed by atoms with Gasteiger partial charge in [0.15, 0.2) is 11.5 Å². The lowest BCUT2D eigenvalue weighted by molar-refractivity contribution is 0.0518. The van der Waals surface area contributed by atoms with E-state index in [1.807, 2.05) is 34.9 Å². The Morgan fingerprint density at radius 3 is 2.61 bits per heavy atom. The average Bonchev–Trinajstić information content (AvgIpc) is 3.40. The Morgan fingerprint density at radius 1 is 1.03 bits per heavy atom. The Balaban J connectivity index is 1.67. The van der Waals surface area contributed by atoms with Gasteiger partial charge in [-0.3, -0.25) is 9.13 Å². The molecule has 0 fully saturated rings. The summed E-state index contributed by atoms with van der Waals surface area (Å²) in [5.74, 6) is 1.93. The molecule has 1 aliphatic heterocycles. The average molecular weight is 447 g/mol. The molecule has 0 radical (unpaired) electrons. The van der Waals surface area contributed by atoms with E-state index >= 15 is 0 Å². The summed E-state index contributed by atoms with van der Waals surface area (Å²) in [6.45, 7) is 2.25. The van der Waals surface area contributed by atoms with Crippen molar-refractivity contribution in [3.63, 3.8) is 0 Å². The van der Waals surface area contributed by atoms with Crippen molar-refractivity contribution in [3.05, 3.63) is 60.2 Å². The predicted molar refractivity (Wildman–Crippen MR) is 117 cm³/mol. The van der Waals surface area contributed by atoms with Crippen LogP contribution in [0.4, 0.5) is 0 Å². The fraction of sp³-hybridized carbons (Fsp3) is 0.217. The molecule has 1 aliphatic rings.